The van der Waals surface area contributed by atoms with Crippen molar-refractivity contribution < 1.29 is 5.11 Å². The van der Waals surface area contributed by atoms with Crippen LogP contribution in [0, 0.1) is 40.9 Å². The molecule has 0 bridgehead atoms. The first-order valence-corrected chi connectivity index (χ1v) is 11.5. The molecule has 1 aromatic rings. The Kier molecular flexibility index (Phi) is 4.46. The van der Waals surface area contributed by atoms with Gasteiger partial charge in [0.25, 0.3) is 0 Å². The first kappa shape index (κ1) is 18.8. The molecule has 4 aliphatic rings. The van der Waals surface area contributed by atoms with Gasteiger partial charge in [-0.25, -0.2) is 4.68 Å². The Balaban J connectivity index is 1.32. The first-order valence-electron chi connectivity index (χ1n) is 11.5. The molecule has 0 aromatic carbocycles. The molecule has 1 heterocycles. The van der Waals surface area contributed by atoms with Crippen LogP contribution in [0.15, 0.2) is 18.5 Å². The number of aromatic nitrogens is 4. The number of nitrogens with zero attached hydrogens (tertiary/aromatic N) is 4. The fourth-order valence-electron chi connectivity index (χ4n) is 8.32. The Morgan fingerprint density at radius 1 is 1.07 bits per heavy atom. The van der Waals surface area contributed by atoms with Gasteiger partial charge in [0.15, 0.2) is 0 Å². The van der Waals surface area contributed by atoms with Gasteiger partial charge >= 0.3 is 0 Å². The maximum Gasteiger partial charge on any atom is 0.138 e. The Labute approximate surface area is 169 Å². The zero-order valence-electron chi connectivity index (χ0n) is 17.6. The van der Waals surface area contributed by atoms with E-state index in [1.165, 1.54) is 50.5 Å². The van der Waals surface area contributed by atoms with E-state index in [2.05, 4.69) is 36.0 Å². The average Bonchev–Trinajstić information content (AvgIpc) is 3.27. The Bertz CT molecular complexity index is 729. The largest absolute Gasteiger partial charge is 0.390 e. The maximum atomic E-state index is 10.6. The average molecular weight is 385 g/mol. The van der Waals surface area contributed by atoms with Gasteiger partial charge in [-0.2, -0.15) is 0 Å². The SMILES string of the molecule is C=C(Cn1cnnn1)[C@H]1CC[C@H]2[C@@H]3CC[C@@H]4C[C@](C)(O)CC[C@@H]4[C@H]3CC[C@]12C. The molecule has 8 atom stereocenters. The fraction of sp³-hybridized carbons (Fsp3) is 0.870. The van der Waals surface area contributed by atoms with E-state index in [0.29, 0.717) is 11.3 Å². The highest BCUT2D eigenvalue weighted by Gasteiger charge is 2.57. The van der Waals surface area contributed by atoms with Gasteiger partial charge in [-0.1, -0.05) is 19.1 Å². The van der Waals surface area contributed by atoms with Gasteiger partial charge < -0.3 is 5.11 Å². The summed E-state index contributed by atoms with van der Waals surface area (Å²) in [4.78, 5) is 0. The van der Waals surface area contributed by atoms with Crippen molar-refractivity contribution in [2.45, 2.75) is 83.8 Å². The molecular weight excluding hydrogens is 348 g/mol. The number of hydrogen-bond acceptors (Lipinski definition) is 4. The summed E-state index contributed by atoms with van der Waals surface area (Å²) in [5.41, 5.74) is 1.31. The van der Waals surface area contributed by atoms with E-state index < -0.39 is 5.60 Å². The monoisotopic (exact) mass is 384 g/mol. The summed E-state index contributed by atoms with van der Waals surface area (Å²) in [6.45, 7) is 9.87. The van der Waals surface area contributed by atoms with E-state index >= 15 is 0 Å². The van der Waals surface area contributed by atoms with Crippen LogP contribution in [-0.4, -0.2) is 30.9 Å². The number of rotatable bonds is 3. The van der Waals surface area contributed by atoms with E-state index in [4.69, 9.17) is 0 Å². The molecule has 0 amide bonds. The van der Waals surface area contributed by atoms with Crippen LogP contribution in [0.25, 0.3) is 0 Å². The summed E-state index contributed by atoms with van der Waals surface area (Å²) in [6, 6.07) is 0. The van der Waals surface area contributed by atoms with Crippen molar-refractivity contribution in [1.29, 1.82) is 0 Å². The molecule has 0 saturated heterocycles. The normalized spacial score (nSPS) is 47.8. The van der Waals surface area contributed by atoms with Crippen molar-refractivity contribution in [3.05, 3.63) is 18.5 Å². The summed E-state index contributed by atoms with van der Waals surface area (Å²) in [5, 5.41) is 22.2. The van der Waals surface area contributed by atoms with Crippen molar-refractivity contribution in [2.24, 2.45) is 40.9 Å². The zero-order valence-corrected chi connectivity index (χ0v) is 17.6. The number of allylic oxidation sites excluding steroid dienone is 1. The predicted molar refractivity (Wildman–Crippen MR) is 108 cm³/mol. The summed E-state index contributed by atoms with van der Waals surface area (Å²) in [6.07, 6.45) is 13.1. The van der Waals surface area contributed by atoms with Crippen LogP contribution in [0.3, 0.4) is 0 Å². The van der Waals surface area contributed by atoms with Crippen molar-refractivity contribution in [3.8, 4) is 0 Å². The summed E-state index contributed by atoms with van der Waals surface area (Å²) >= 11 is 0. The quantitative estimate of drug-likeness (QED) is 0.791. The van der Waals surface area contributed by atoms with Gasteiger partial charge in [-0.3, -0.25) is 0 Å². The topological polar surface area (TPSA) is 63.8 Å². The molecule has 154 valence electrons. The van der Waals surface area contributed by atoms with Gasteiger partial charge in [0.05, 0.1) is 12.1 Å². The molecule has 4 fully saturated rings. The Morgan fingerprint density at radius 3 is 2.68 bits per heavy atom. The van der Waals surface area contributed by atoms with Gasteiger partial charge in [0.2, 0.25) is 0 Å². The lowest BCUT2D eigenvalue weighted by molar-refractivity contribution is -0.0979. The molecule has 0 unspecified atom stereocenters. The molecule has 0 spiro atoms. The van der Waals surface area contributed by atoms with Crippen LogP contribution in [0.1, 0.15) is 71.6 Å². The lowest BCUT2D eigenvalue weighted by Crippen LogP contribution is -2.50. The third-order valence-corrected chi connectivity index (χ3v) is 9.49. The summed E-state index contributed by atoms with van der Waals surface area (Å²) in [5.74, 6) is 4.89. The van der Waals surface area contributed by atoms with E-state index in [0.717, 1.165) is 49.0 Å². The molecule has 5 rings (SSSR count). The highest BCUT2D eigenvalue weighted by molar-refractivity contribution is 5.15. The lowest BCUT2D eigenvalue weighted by atomic mass is 9.49. The number of fused-ring (bicyclic) bond motifs is 5. The number of tetrazole rings is 1. The Hall–Kier alpha value is -1.23. The van der Waals surface area contributed by atoms with Crippen LogP contribution in [-0.2, 0) is 6.54 Å². The van der Waals surface area contributed by atoms with Crippen molar-refractivity contribution in [3.63, 3.8) is 0 Å². The van der Waals surface area contributed by atoms with Crippen molar-refractivity contribution >= 4 is 0 Å². The fourth-order valence-corrected chi connectivity index (χ4v) is 8.32. The van der Waals surface area contributed by atoms with Crippen LogP contribution >= 0.6 is 0 Å². The molecule has 1 N–H and O–H groups in total. The van der Waals surface area contributed by atoms with Gasteiger partial charge in [-0.05, 0) is 116 Å². The molecule has 1 aromatic heterocycles. The number of hydrogen-bond donors (Lipinski definition) is 1. The summed E-state index contributed by atoms with van der Waals surface area (Å²) in [7, 11) is 0. The van der Waals surface area contributed by atoms with Crippen molar-refractivity contribution in [1.82, 2.24) is 20.2 Å². The highest BCUT2D eigenvalue weighted by Crippen LogP contribution is 2.65. The summed E-state index contributed by atoms with van der Waals surface area (Å²) < 4.78 is 1.82. The standard InChI is InChI=1S/C23H36N4O/c1-15(13-27-14-24-25-26-27)20-6-7-21-19-5-4-16-12-22(2,28)10-8-17(16)18(19)9-11-23(20,21)3/h14,16-21,28H,1,4-13H2,2-3H3/t16-,17+,18-,19-,20-,21+,22-,23-/m1/s1. The van der Waals surface area contributed by atoms with Gasteiger partial charge in [-0.15, -0.1) is 5.10 Å². The minimum Gasteiger partial charge on any atom is -0.390 e. The van der Waals surface area contributed by atoms with E-state index in [9.17, 15) is 5.11 Å². The van der Waals surface area contributed by atoms with Crippen LogP contribution < -0.4 is 0 Å². The van der Waals surface area contributed by atoms with Crippen molar-refractivity contribution in [2.75, 3.05) is 0 Å². The lowest BCUT2D eigenvalue weighted by Gasteiger charge is -2.57. The smallest absolute Gasteiger partial charge is 0.138 e. The van der Waals surface area contributed by atoms with Crippen LogP contribution in [0.5, 0.6) is 0 Å². The number of aliphatic hydroxyl groups is 1. The molecule has 0 aliphatic heterocycles. The third-order valence-electron chi connectivity index (χ3n) is 9.49. The third kappa shape index (κ3) is 2.96. The second-order valence-corrected chi connectivity index (χ2v) is 11.0. The highest BCUT2D eigenvalue weighted by atomic mass is 16.3. The second kappa shape index (κ2) is 6.65. The molecular formula is C23H36N4O. The molecule has 4 aliphatic carbocycles. The molecule has 5 nitrogen and oxygen atoms in total. The predicted octanol–water partition coefficient (Wildman–Crippen LogP) is 4.25. The first-order chi connectivity index (χ1) is 13.4. The molecule has 28 heavy (non-hydrogen) atoms. The van der Waals surface area contributed by atoms with E-state index in [1.54, 1.807) is 6.33 Å². The van der Waals surface area contributed by atoms with Crippen LogP contribution in [0.4, 0.5) is 0 Å². The molecule has 0 radical (unpaired) electrons. The van der Waals surface area contributed by atoms with Gasteiger partial charge in [0, 0.05) is 0 Å². The maximum absolute atomic E-state index is 10.6. The minimum atomic E-state index is -0.413. The van der Waals surface area contributed by atoms with E-state index in [1.807, 2.05) is 4.68 Å². The van der Waals surface area contributed by atoms with E-state index in [-0.39, 0.29) is 0 Å². The van der Waals surface area contributed by atoms with Crippen LogP contribution in [0.2, 0.25) is 0 Å². The Morgan fingerprint density at radius 2 is 1.89 bits per heavy atom. The van der Waals surface area contributed by atoms with Gasteiger partial charge in [0.1, 0.15) is 6.33 Å². The minimum absolute atomic E-state index is 0.402. The second-order valence-electron chi connectivity index (χ2n) is 11.0. The molecule has 5 heteroatoms. The zero-order chi connectivity index (χ0) is 19.5. The molecule has 4 saturated carbocycles.